The second-order valence-electron chi connectivity index (χ2n) is 7.39. The number of amides is 1. The normalized spacial score (nSPS) is 10.9. The van der Waals surface area contributed by atoms with Gasteiger partial charge < -0.3 is 9.73 Å². The van der Waals surface area contributed by atoms with Crippen LogP contribution >= 0.6 is 11.6 Å². The van der Waals surface area contributed by atoms with Crippen LogP contribution in [0.25, 0.3) is 0 Å². The van der Waals surface area contributed by atoms with Gasteiger partial charge in [0.2, 0.25) is 5.89 Å². The molecule has 7 heteroatoms. The van der Waals surface area contributed by atoms with E-state index in [-0.39, 0.29) is 11.6 Å². The molecular weight excluding hydrogens is 424 g/mol. The average Bonchev–Trinajstić information content (AvgIpc) is 3.29. The van der Waals surface area contributed by atoms with Crippen LogP contribution in [0.15, 0.2) is 89.8 Å². The molecule has 0 atom stereocenters. The lowest BCUT2D eigenvalue weighted by Crippen LogP contribution is -2.24. The van der Waals surface area contributed by atoms with Gasteiger partial charge in [0.1, 0.15) is 6.26 Å². The topological polar surface area (TPSA) is 71.3 Å². The second kappa shape index (κ2) is 10.7. The number of benzene rings is 2. The SMILES string of the molecule is O=C(NCc1ccncc1)c1coc(CN(Cc2ccccc2)Cc2ccccc2Cl)n1. The lowest BCUT2D eigenvalue weighted by molar-refractivity contribution is 0.0945. The molecule has 2 heterocycles. The first-order valence-corrected chi connectivity index (χ1v) is 10.7. The first kappa shape index (κ1) is 21.7. The Morgan fingerprint density at radius 1 is 0.906 bits per heavy atom. The summed E-state index contributed by atoms with van der Waals surface area (Å²) in [5.74, 6) is 0.194. The van der Waals surface area contributed by atoms with Gasteiger partial charge in [0.05, 0.1) is 6.54 Å². The minimum absolute atomic E-state index is 0.256. The van der Waals surface area contributed by atoms with Crippen LogP contribution < -0.4 is 5.32 Å². The van der Waals surface area contributed by atoms with E-state index in [0.717, 1.165) is 11.1 Å². The molecule has 0 unspecified atom stereocenters. The highest BCUT2D eigenvalue weighted by atomic mass is 35.5. The van der Waals surface area contributed by atoms with E-state index in [1.807, 2.05) is 54.6 Å². The third-order valence-corrected chi connectivity index (χ3v) is 5.32. The molecule has 32 heavy (non-hydrogen) atoms. The number of nitrogens with zero attached hydrogens (tertiary/aromatic N) is 3. The van der Waals surface area contributed by atoms with Crippen LogP contribution in [0.4, 0.5) is 0 Å². The van der Waals surface area contributed by atoms with Gasteiger partial charge in [-0.3, -0.25) is 14.7 Å². The van der Waals surface area contributed by atoms with Gasteiger partial charge in [-0.1, -0.05) is 60.1 Å². The average molecular weight is 447 g/mol. The van der Waals surface area contributed by atoms with Crippen molar-refractivity contribution in [2.24, 2.45) is 0 Å². The van der Waals surface area contributed by atoms with Crippen LogP contribution in [0.1, 0.15) is 33.1 Å². The van der Waals surface area contributed by atoms with E-state index in [1.54, 1.807) is 12.4 Å². The lowest BCUT2D eigenvalue weighted by Gasteiger charge is -2.21. The molecule has 0 saturated heterocycles. The largest absolute Gasteiger partial charge is 0.447 e. The molecule has 0 aliphatic carbocycles. The number of halogens is 1. The monoisotopic (exact) mass is 446 g/mol. The third kappa shape index (κ3) is 6.03. The van der Waals surface area contributed by atoms with Gasteiger partial charge in [-0.05, 0) is 34.9 Å². The standard InChI is InChI=1S/C25H23ClN4O2/c26-22-9-5-4-8-21(22)16-30(15-20-6-2-1-3-7-20)17-24-29-23(18-32-24)25(31)28-14-19-10-12-27-13-11-19/h1-13,18H,14-17H2,(H,28,31). The molecule has 0 bridgehead atoms. The van der Waals surface area contributed by atoms with Crippen molar-refractivity contribution < 1.29 is 9.21 Å². The Labute approximate surface area is 191 Å². The quantitative estimate of drug-likeness (QED) is 0.397. The van der Waals surface area contributed by atoms with E-state index < -0.39 is 0 Å². The Morgan fingerprint density at radius 2 is 1.66 bits per heavy atom. The molecule has 4 rings (SSSR count). The molecular formula is C25H23ClN4O2. The van der Waals surface area contributed by atoms with Crippen LogP contribution in [0, 0.1) is 0 Å². The number of oxazole rings is 1. The molecule has 1 amide bonds. The van der Waals surface area contributed by atoms with Gasteiger partial charge in [0.25, 0.3) is 5.91 Å². The number of hydrogen-bond donors (Lipinski definition) is 1. The molecule has 0 aliphatic rings. The van der Waals surface area contributed by atoms with E-state index in [1.165, 1.54) is 11.8 Å². The molecule has 0 fully saturated rings. The summed E-state index contributed by atoms with van der Waals surface area (Å²) in [6.07, 6.45) is 4.78. The molecule has 2 aromatic carbocycles. The summed E-state index contributed by atoms with van der Waals surface area (Å²) < 4.78 is 5.62. The van der Waals surface area contributed by atoms with Crippen LogP contribution in [-0.2, 0) is 26.2 Å². The Kier molecular flexibility index (Phi) is 7.27. The number of hydrogen-bond acceptors (Lipinski definition) is 5. The highest BCUT2D eigenvalue weighted by molar-refractivity contribution is 6.31. The van der Waals surface area contributed by atoms with Crippen molar-refractivity contribution in [3.05, 3.63) is 119 Å². The first-order valence-electron chi connectivity index (χ1n) is 10.3. The first-order chi connectivity index (χ1) is 15.7. The number of pyridine rings is 1. The minimum atomic E-state index is -0.280. The fourth-order valence-corrected chi connectivity index (χ4v) is 3.52. The van der Waals surface area contributed by atoms with E-state index in [2.05, 4.69) is 32.3 Å². The third-order valence-electron chi connectivity index (χ3n) is 4.95. The molecule has 2 aromatic heterocycles. The van der Waals surface area contributed by atoms with Gasteiger partial charge in [-0.2, -0.15) is 0 Å². The highest BCUT2D eigenvalue weighted by Crippen LogP contribution is 2.20. The lowest BCUT2D eigenvalue weighted by atomic mass is 10.1. The maximum atomic E-state index is 12.5. The summed E-state index contributed by atoms with van der Waals surface area (Å²) in [4.78, 5) is 23.0. The minimum Gasteiger partial charge on any atom is -0.447 e. The van der Waals surface area contributed by atoms with E-state index >= 15 is 0 Å². The number of carbonyl (C=O) groups is 1. The smallest absolute Gasteiger partial charge is 0.273 e. The van der Waals surface area contributed by atoms with Crippen molar-refractivity contribution in [1.29, 1.82) is 0 Å². The van der Waals surface area contributed by atoms with Crippen LogP contribution in [-0.4, -0.2) is 20.8 Å². The second-order valence-corrected chi connectivity index (χ2v) is 7.79. The molecule has 162 valence electrons. The summed E-state index contributed by atoms with van der Waals surface area (Å²) in [5, 5.41) is 3.57. The van der Waals surface area contributed by atoms with Crippen molar-refractivity contribution in [1.82, 2.24) is 20.2 Å². The summed E-state index contributed by atoms with van der Waals surface area (Å²) >= 11 is 6.38. The molecule has 0 radical (unpaired) electrons. The number of rotatable bonds is 9. The van der Waals surface area contributed by atoms with Crippen molar-refractivity contribution in [2.45, 2.75) is 26.2 Å². The van der Waals surface area contributed by atoms with Gasteiger partial charge in [-0.25, -0.2) is 4.98 Å². The maximum absolute atomic E-state index is 12.5. The summed E-state index contributed by atoms with van der Waals surface area (Å²) in [6, 6.07) is 21.7. The Balaban J connectivity index is 1.44. The predicted molar refractivity (Wildman–Crippen MR) is 123 cm³/mol. The van der Waals surface area contributed by atoms with Crippen molar-refractivity contribution in [2.75, 3.05) is 0 Å². The number of carbonyl (C=O) groups excluding carboxylic acids is 1. The van der Waals surface area contributed by atoms with E-state index in [0.29, 0.717) is 37.1 Å². The number of nitrogens with one attached hydrogen (secondary N) is 1. The Hall–Kier alpha value is -3.48. The van der Waals surface area contributed by atoms with Crippen molar-refractivity contribution in [3.63, 3.8) is 0 Å². The van der Waals surface area contributed by atoms with Gasteiger partial charge in [-0.15, -0.1) is 0 Å². The maximum Gasteiger partial charge on any atom is 0.273 e. The highest BCUT2D eigenvalue weighted by Gasteiger charge is 2.16. The fourth-order valence-electron chi connectivity index (χ4n) is 3.33. The van der Waals surface area contributed by atoms with Crippen LogP contribution in [0.5, 0.6) is 0 Å². The molecule has 0 saturated carbocycles. The van der Waals surface area contributed by atoms with Gasteiger partial charge >= 0.3 is 0 Å². The zero-order valence-corrected chi connectivity index (χ0v) is 18.2. The molecule has 0 spiro atoms. The predicted octanol–water partition coefficient (Wildman–Crippen LogP) is 4.86. The molecule has 1 N–H and O–H groups in total. The Morgan fingerprint density at radius 3 is 2.44 bits per heavy atom. The van der Waals surface area contributed by atoms with Crippen molar-refractivity contribution >= 4 is 17.5 Å². The zero-order chi connectivity index (χ0) is 22.2. The van der Waals surface area contributed by atoms with Crippen molar-refractivity contribution in [3.8, 4) is 0 Å². The summed E-state index contributed by atoms with van der Waals surface area (Å²) in [5.41, 5.74) is 3.41. The fraction of sp³-hybridized carbons (Fsp3) is 0.160. The summed E-state index contributed by atoms with van der Waals surface area (Å²) in [7, 11) is 0. The van der Waals surface area contributed by atoms with Gasteiger partial charge in [0, 0.05) is 37.1 Å². The summed E-state index contributed by atoms with van der Waals surface area (Å²) in [6.45, 7) is 2.16. The van der Waals surface area contributed by atoms with E-state index in [9.17, 15) is 4.79 Å². The number of aromatic nitrogens is 2. The molecule has 4 aromatic rings. The molecule has 0 aliphatic heterocycles. The van der Waals surface area contributed by atoms with Crippen LogP contribution in [0.3, 0.4) is 0 Å². The van der Waals surface area contributed by atoms with Gasteiger partial charge in [0.15, 0.2) is 5.69 Å². The van der Waals surface area contributed by atoms with E-state index in [4.69, 9.17) is 16.0 Å². The van der Waals surface area contributed by atoms with Crippen LogP contribution in [0.2, 0.25) is 5.02 Å². The Bertz CT molecular complexity index is 1150. The molecule has 6 nitrogen and oxygen atoms in total. The zero-order valence-electron chi connectivity index (χ0n) is 17.4.